The van der Waals surface area contributed by atoms with Gasteiger partial charge in [0.05, 0.1) is 12.0 Å². The normalized spacial score (nSPS) is 10.4. The highest BCUT2D eigenvalue weighted by Gasteiger charge is 2.03. The first kappa shape index (κ1) is 10.6. The predicted octanol–water partition coefficient (Wildman–Crippen LogP) is 2.31. The molecule has 2 rings (SSSR count). The van der Waals surface area contributed by atoms with Crippen LogP contribution in [0, 0.1) is 6.92 Å². The number of carbonyl (C=O) groups excluding carboxylic acids is 1. The number of aryl methyl sites for hydroxylation is 1. The summed E-state index contributed by atoms with van der Waals surface area (Å²) in [5.74, 6) is 0.134. The maximum Gasteiger partial charge on any atom is 0.135 e. The Morgan fingerprint density at radius 3 is 2.94 bits per heavy atom. The molecule has 3 heteroatoms. The van der Waals surface area contributed by atoms with Gasteiger partial charge in [0.15, 0.2) is 0 Å². The number of hydrogen-bond acceptors (Lipinski definition) is 2. The van der Waals surface area contributed by atoms with Crippen LogP contribution in [0.3, 0.4) is 0 Å². The molecule has 0 saturated heterocycles. The summed E-state index contributed by atoms with van der Waals surface area (Å²) in [7, 11) is 0. The first-order chi connectivity index (χ1) is 7.65. The van der Waals surface area contributed by atoms with Gasteiger partial charge in [0, 0.05) is 18.3 Å². The molecule has 0 amide bonds. The lowest BCUT2D eigenvalue weighted by Crippen LogP contribution is -1.96. The van der Waals surface area contributed by atoms with Crippen molar-refractivity contribution in [3.63, 3.8) is 0 Å². The van der Waals surface area contributed by atoms with E-state index in [2.05, 4.69) is 24.0 Å². The molecule has 16 heavy (non-hydrogen) atoms. The Bertz CT molecular complexity index is 514. The summed E-state index contributed by atoms with van der Waals surface area (Å²) < 4.78 is 1.94. The Kier molecular flexibility index (Phi) is 2.86. The van der Waals surface area contributed by atoms with E-state index in [1.807, 2.05) is 22.9 Å². The summed E-state index contributed by atoms with van der Waals surface area (Å²) in [6.07, 6.45) is 4.04. The second-order valence-corrected chi connectivity index (χ2v) is 3.99. The topological polar surface area (TPSA) is 34.9 Å². The molecule has 0 aliphatic heterocycles. The number of aromatic nitrogens is 2. The molecule has 1 heterocycles. The Morgan fingerprint density at radius 2 is 2.25 bits per heavy atom. The van der Waals surface area contributed by atoms with E-state index in [0.717, 1.165) is 11.4 Å². The molecule has 0 saturated carbocycles. The van der Waals surface area contributed by atoms with Crippen molar-refractivity contribution < 1.29 is 4.79 Å². The highest BCUT2D eigenvalue weighted by Crippen LogP contribution is 2.11. The summed E-state index contributed by atoms with van der Waals surface area (Å²) in [6.45, 7) is 3.63. The molecule has 1 aromatic carbocycles. The summed E-state index contributed by atoms with van der Waals surface area (Å²) >= 11 is 0. The van der Waals surface area contributed by atoms with Crippen LogP contribution in [0.4, 0.5) is 0 Å². The molecule has 0 aliphatic carbocycles. The molecule has 82 valence electrons. The largest absolute Gasteiger partial charge is 0.306 e. The lowest BCUT2D eigenvalue weighted by molar-refractivity contribution is -0.116. The van der Waals surface area contributed by atoms with Gasteiger partial charge in [-0.3, -0.25) is 4.79 Å². The maximum absolute atomic E-state index is 11.0. The van der Waals surface area contributed by atoms with Gasteiger partial charge < -0.3 is 4.57 Å². The van der Waals surface area contributed by atoms with Crippen LogP contribution in [-0.4, -0.2) is 15.3 Å². The molecule has 0 spiro atoms. The van der Waals surface area contributed by atoms with Crippen LogP contribution < -0.4 is 0 Å². The number of benzene rings is 1. The van der Waals surface area contributed by atoms with Gasteiger partial charge in [-0.05, 0) is 31.5 Å². The van der Waals surface area contributed by atoms with Crippen molar-refractivity contribution in [3.05, 3.63) is 48.0 Å². The van der Waals surface area contributed by atoms with Gasteiger partial charge in [0.1, 0.15) is 5.78 Å². The van der Waals surface area contributed by atoms with E-state index < -0.39 is 0 Å². The highest BCUT2D eigenvalue weighted by atomic mass is 16.1. The van der Waals surface area contributed by atoms with Crippen molar-refractivity contribution in [3.8, 4) is 5.69 Å². The molecular formula is C13H14N2O. The van der Waals surface area contributed by atoms with Crippen molar-refractivity contribution >= 4 is 5.78 Å². The molecule has 0 radical (unpaired) electrons. The van der Waals surface area contributed by atoms with E-state index in [9.17, 15) is 4.79 Å². The third-order valence-corrected chi connectivity index (χ3v) is 2.37. The van der Waals surface area contributed by atoms with E-state index in [1.165, 1.54) is 5.56 Å². The second-order valence-electron chi connectivity index (χ2n) is 3.99. The third-order valence-electron chi connectivity index (χ3n) is 2.37. The van der Waals surface area contributed by atoms with Gasteiger partial charge >= 0.3 is 0 Å². The zero-order valence-corrected chi connectivity index (χ0v) is 9.47. The average Bonchev–Trinajstić information content (AvgIpc) is 2.65. The molecule has 1 aromatic heterocycles. The molecule has 0 unspecified atom stereocenters. The van der Waals surface area contributed by atoms with Crippen molar-refractivity contribution in [2.24, 2.45) is 0 Å². The molecule has 0 atom stereocenters. The SMILES string of the molecule is CC(=O)Cc1cn(-c2cccc(C)c2)cn1. The highest BCUT2D eigenvalue weighted by molar-refractivity contribution is 5.77. The summed E-state index contributed by atoms with van der Waals surface area (Å²) in [5, 5.41) is 0. The first-order valence-electron chi connectivity index (χ1n) is 5.24. The molecule has 0 aliphatic rings. The Hall–Kier alpha value is -1.90. The Labute approximate surface area is 94.7 Å². The molecule has 3 nitrogen and oxygen atoms in total. The number of imidazole rings is 1. The van der Waals surface area contributed by atoms with E-state index in [-0.39, 0.29) is 5.78 Å². The van der Waals surface area contributed by atoms with E-state index >= 15 is 0 Å². The van der Waals surface area contributed by atoms with E-state index in [0.29, 0.717) is 6.42 Å². The first-order valence-corrected chi connectivity index (χ1v) is 5.24. The number of ketones is 1. The molecular weight excluding hydrogens is 200 g/mol. The van der Waals surface area contributed by atoms with Gasteiger partial charge in [-0.15, -0.1) is 0 Å². The van der Waals surface area contributed by atoms with E-state index in [1.54, 1.807) is 13.3 Å². The third kappa shape index (κ3) is 2.37. The number of nitrogens with zero attached hydrogens (tertiary/aromatic N) is 2. The van der Waals surface area contributed by atoms with Crippen LogP contribution in [-0.2, 0) is 11.2 Å². The minimum Gasteiger partial charge on any atom is -0.306 e. The zero-order valence-electron chi connectivity index (χ0n) is 9.47. The van der Waals surface area contributed by atoms with Gasteiger partial charge in [-0.25, -0.2) is 4.98 Å². The van der Waals surface area contributed by atoms with Gasteiger partial charge in [-0.2, -0.15) is 0 Å². The van der Waals surface area contributed by atoms with Crippen LogP contribution in [0.25, 0.3) is 5.69 Å². The van der Waals surface area contributed by atoms with Crippen LogP contribution in [0.1, 0.15) is 18.2 Å². The number of carbonyl (C=O) groups is 1. The number of hydrogen-bond donors (Lipinski definition) is 0. The Morgan fingerprint density at radius 1 is 1.44 bits per heavy atom. The van der Waals surface area contributed by atoms with Crippen LogP contribution >= 0.6 is 0 Å². The fraction of sp³-hybridized carbons (Fsp3) is 0.231. The molecule has 0 N–H and O–H groups in total. The van der Waals surface area contributed by atoms with Crippen LogP contribution in [0.2, 0.25) is 0 Å². The molecule has 0 fully saturated rings. The summed E-state index contributed by atoms with van der Waals surface area (Å²) in [5.41, 5.74) is 3.09. The maximum atomic E-state index is 11.0. The fourth-order valence-corrected chi connectivity index (χ4v) is 1.64. The number of rotatable bonds is 3. The van der Waals surface area contributed by atoms with Gasteiger partial charge in [0.2, 0.25) is 0 Å². The summed E-state index contributed by atoms with van der Waals surface area (Å²) in [4.78, 5) is 15.2. The molecule has 0 bridgehead atoms. The minimum atomic E-state index is 0.134. The lowest BCUT2D eigenvalue weighted by atomic mass is 10.2. The van der Waals surface area contributed by atoms with Crippen molar-refractivity contribution in [1.82, 2.24) is 9.55 Å². The monoisotopic (exact) mass is 214 g/mol. The van der Waals surface area contributed by atoms with Crippen molar-refractivity contribution in [1.29, 1.82) is 0 Å². The quantitative estimate of drug-likeness (QED) is 0.785. The standard InChI is InChI=1S/C13H14N2O/c1-10-4-3-5-13(6-10)15-8-12(14-9-15)7-11(2)16/h3-6,8-9H,7H2,1-2H3. The van der Waals surface area contributed by atoms with Crippen molar-refractivity contribution in [2.45, 2.75) is 20.3 Å². The van der Waals surface area contributed by atoms with Crippen molar-refractivity contribution in [2.75, 3.05) is 0 Å². The fourth-order valence-electron chi connectivity index (χ4n) is 1.64. The van der Waals surface area contributed by atoms with Crippen LogP contribution in [0.5, 0.6) is 0 Å². The smallest absolute Gasteiger partial charge is 0.135 e. The number of Topliss-reactive ketones (excluding diaryl/α,β-unsaturated/α-hetero) is 1. The minimum absolute atomic E-state index is 0.134. The zero-order chi connectivity index (χ0) is 11.5. The second kappa shape index (κ2) is 4.31. The molecule has 2 aromatic rings. The predicted molar refractivity (Wildman–Crippen MR) is 62.7 cm³/mol. The van der Waals surface area contributed by atoms with Crippen LogP contribution in [0.15, 0.2) is 36.8 Å². The lowest BCUT2D eigenvalue weighted by Gasteiger charge is -2.02. The van der Waals surface area contributed by atoms with E-state index in [4.69, 9.17) is 0 Å². The Balaban J connectivity index is 2.28. The van der Waals surface area contributed by atoms with Gasteiger partial charge in [-0.1, -0.05) is 12.1 Å². The van der Waals surface area contributed by atoms with Gasteiger partial charge in [0.25, 0.3) is 0 Å². The summed E-state index contributed by atoms with van der Waals surface area (Å²) in [6, 6.07) is 8.16. The average molecular weight is 214 g/mol.